The zero-order valence-electron chi connectivity index (χ0n) is 9.44. The molecule has 0 saturated heterocycles. The van der Waals surface area contributed by atoms with Crippen molar-refractivity contribution < 1.29 is 28.2 Å². The monoisotopic (exact) mass is 259 g/mol. The second-order valence-electron chi connectivity index (χ2n) is 3.50. The Hall–Kier alpha value is -2.18. The molecule has 5 nitrogen and oxygen atoms in total. The van der Waals surface area contributed by atoms with Gasteiger partial charge in [-0.25, -0.2) is 13.6 Å². The molecule has 0 fully saturated rings. The van der Waals surface area contributed by atoms with E-state index < -0.39 is 36.2 Å². The predicted octanol–water partition coefficient (Wildman–Crippen LogP) is 1.57. The fourth-order valence-electron chi connectivity index (χ4n) is 1.13. The van der Waals surface area contributed by atoms with E-state index in [1.54, 1.807) is 0 Å². The molecule has 2 N–H and O–H groups in total. The third kappa shape index (κ3) is 4.00. The smallest absolute Gasteiger partial charge is 0.405 e. The lowest BCUT2D eigenvalue weighted by Gasteiger charge is -2.11. The molecule has 0 heterocycles. The summed E-state index contributed by atoms with van der Waals surface area (Å²) in [7, 11) is 0. The summed E-state index contributed by atoms with van der Waals surface area (Å²) in [5.74, 6) is -2.53. The van der Waals surface area contributed by atoms with Crippen LogP contribution in [0.5, 0.6) is 5.75 Å². The van der Waals surface area contributed by atoms with E-state index in [1.807, 2.05) is 5.32 Å². The predicted molar refractivity (Wildman–Crippen MR) is 57.5 cm³/mol. The first-order valence-electron chi connectivity index (χ1n) is 5.00. The Labute approximate surface area is 101 Å². The summed E-state index contributed by atoms with van der Waals surface area (Å²) in [5, 5.41) is 10.3. The maximum absolute atomic E-state index is 13.1. The number of carbonyl (C=O) groups excluding carboxylic acids is 1. The molecule has 0 radical (unpaired) electrons. The number of amides is 1. The van der Waals surface area contributed by atoms with Gasteiger partial charge in [-0.2, -0.15) is 0 Å². The number of rotatable bonds is 5. The molecule has 7 heteroatoms. The Kier molecular flexibility index (Phi) is 4.59. The SMILES string of the molecule is CC(NC(=O)O)C(=O)COc1ccc(F)cc1F. The number of carboxylic acid groups (broad SMARTS) is 1. The Bertz CT molecular complexity index is 464. The zero-order chi connectivity index (χ0) is 13.7. The van der Waals surface area contributed by atoms with Crippen LogP contribution in [0.3, 0.4) is 0 Å². The van der Waals surface area contributed by atoms with Gasteiger partial charge in [0.15, 0.2) is 17.3 Å². The number of Topliss-reactive ketones (excluding diaryl/α,β-unsaturated/α-hetero) is 1. The van der Waals surface area contributed by atoms with E-state index in [-0.39, 0.29) is 5.75 Å². The average Bonchev–Trinajstić information content (AvgIpc) is 2.26. The van der Waals surface area contributed by atoms with E-state index in [2.05, 4.69) is 0 Å². The van der Waals surface area contributed by atoms with Crippen molar-refractivity contribution in [3.8, 4) is 5.75 Å². The van der Waals surface area contributed by atoms with Crippen molar-refractivity contribution in [2.24, 2.45) is 0 Å². The average molecular weight is 259 g/mol. The Morgan fingerprint density at radius 2 is 2.11 bits per heavy atom. The first-order valence-corrected chi connectivity index (χ1v) is 5.00. The minimum atomic E-state index is -1.34. The molecule has 0 aliphatic carbocycles. The number of benzene rings is 1. The van der Waals surface area contributed by atoms with Gasteiger partial charge in [0.2, 0.25) is 0 Å². The van der Waals surface area contributed by atoms with Gasteiger partial charge in [-0.3, -0.25) is 4.79 Å². The van der Waals surface area contributed by atoms with Crippen LogP contribution in [0.25, 0.3) is 0 Å². The quantitative estimate of drug-likeness (QED) is 0.841. The minimum Gasteiger partial charge on any atom is -0.483 e. The van der Waals surface area contributed by atoms with Crippen LogP contribution in [-0.4, -0.2) is 29.6 Å². The molecule has 0 bridgehead atoms. The Morgan fingerprint density at radius 1 is 1.44 bits per heavy atom. The molecule has 1 aromatic rings. The molecule has 1 rings (SSSR count). The van der Waals surface area contributed by atoms with E-state index in [4.69, 9.17) is 9.84 Å². The Morgan fingerprint density at radius 3 is 2.67 bits per heavy atom. The van der Waals surface area contributed by atoms with E-state index in [9.17, 15) is 18.4 Å². The molecule has 18 heavy (non-hydrogen) atoms. The van der Waals surface area contributed by atoms with Gasteiger partial charge < -0.3 is 15.2 Å². The molecule has 0 aromatic heterocycles. The molecule has 0 aliphatic heterocycles. The molecule has 98 valence electrons. The third-order valence-electron chi connectivity index (χ3n) is 2.09. The highest BCUT2D eigenvalue weighted by molar-refractivity contribution is 5.87. The van der Waals surface area contributed by atoms with Gasteiger partial charge in [0.1, 0.15) is 12.4 Å². The van der Waals surface area contributed by atoms with Crippen molar-refractivity contribution >= 4 is 11.9 Å². The highest BCUT2D eigenvalue weighted by atomic mass is 19.1. The van der Waals surface area contributed by atoms with E-state index >= 15 is 0 Å². The fraction of sp³-hybridized carbons (Fsp3) is 0.273. The summed E-state index contributed by atoms with van der Waals surface area (Å²) in [6.45, 7) is 0.824. The van der Waals surface area contributed by atoms with E-state index in [1.165, 1.54) is 6.92 Å². The number of hydrogen-bond acceptors (Lipinski definition) is 3. The van der Waals surface area contributed by atoms with Crippen molar-refractivity contribution in [1.29, 1.82) is 0 Å². The van der Waals surface area contributed by atoms with Gasteiger partial charge in [-0.15, -0.1) is 0 Å². The maximum atomic E-state index is 13.1. The van der Waals surface area contributed by atoms with Crippen LogP contribution in [0.4, 0.5) is 13.6 Å². The molecule has 1 amide bonds. The minimum absolute atomic E-state index is 0.271. The van der Waals surface area contributed by atoms with Gasteiger partial charge in [0.05, 0.1) is 6.04 Å². The molecule has 1 unspecified atom stereocenters. The van der Waals surface area contributed by atoms with Crippen LogP contribution in [0.1, 0.15) is 6.92 Å². The largest absolute Gasteiger partial charge is 0.483 e. The van der Waals surface area contributed by atoms with Crippen LogP contribution in [0.15, 0.2) is 18.2 Å². The van der Waals surface area contributed by atoms with Crippen LogP contribution in [0.2, 0.25) is 0 Å². The standard InChI is InChI=1S/C11H11F2NO4/c1-6(14-11(16)17)9(15)5-18-10-3-2-7(12)4-8(10)13/h2-4,6,14H,5H2,1H3,(H,16,17). The number of ether oxygens (including phenoxy) is 1. The second-order valence-corrected chi connectivity index (χ2v) is 3.50. The van der Waals surface area contributed by atoms with E-state index in [0.717, 1.165) is 12.1 Å². The lowest BCUT2D eigenvalue weighted by molar-refractivity contribution is -0.122. The number of nitrogens with one attached hydrogen (secondary N) is 1. The highest BCUT2D eigenvalue weighted by Gasteiger charge is 2.16. The number of halogens is 2. The summed E-state index contributed by atoms with van der Waals surface area (Å²) in [4.78, 5) is 21.7. The maximum Gasteiger partial charge on any atom is 0.405 e. The summed E-state index contributed by atoms with van der Waals surface area (Å²) < 4.78 is 30.5. The van der Waals surface area contributed by atoms with Gasteiger partial charge in [0, 0.05) is 6.07 Å². The van der Waals surface area contributed by atoms with Gasteiger partial charge in [-0.1, -0.05) is 0 Å². The fourth-order valence-corrected chi connectivity index (χ4v) is 1.13. The van der Waals surface area contributed by atoms with Crippen molar-refractivity contribution in [3.05, 3.63) is 29.8 Å². The summed E-state index contributed by atoms with van der Waals surface area (Å²) in [6, 6.07) is 1.69. The van der Waals surface area contributed by atoms with Crippen LogP contribution in [-0.2, 0) is 4.79 Å². The lowest BCUT2D eigenvalue weighted by Crippen LogP contribution is -2.39. The zero-order valence-corrected chi connectivity index (χ0v) is 9.44. The number of carbonyl (C=O) groups is 2. The van der Waals surface area contributed by atoms with Crippen LogP contribution in [0, 0.1) is 11.6 Å². The van der Waals surface area contributed by atoms with Gasteiger partial charge in [0.25, 0.3) is 0 Å². The molecule has 0 spiro atoms. The van der Waals surface area contributed by atoms with E-state index in [0.29, 0.717) is 6.07 Å². The first kappa shape index (κ1) is 13.9. The first-order chi connectivity index (χ1) is 8.40. The normalized spacial score (nSPS) is 11.7. The number of ketones is 1. The van der Waals surface area contributed by atoms with Crippen LogP contribution < -0.4 is 10.1 Å². The summed E-state index contributed by atoms with van der Waals surface area (Å²) in [6.07, 6.45) is -1.34. The van der Waals surface area contributed by atoms with Crippen molar-refractivity contribution in [2.45, 2.75) is 13.0 Å². The molecular weight excluding hydrogens is 248 g/mol. The molecular formula is C11H11F2NO4. The highest BCUT2D eigenvalue weighted by Crippen LogP contribution is 2.17. The topological polar surface area (TPSA) is 75.6 Å². The van der Waals surface area contributed by atoms with Crippen molar-refractivity contribution in [3.63, 3.8) is 0 Å². The lowest BCUT2D eigenvalue weighted by atomic mass is 10.2. The van der Waals surface area contributed by atoms with Crippen LogP contribution >= 0.6 is 0 Å². The molecule has 1 aromatic carbocycles. The molecule has 0 saturated carbocycles. The summed E-state index contributed by atoms with van der Waals surface area (Å²) >= 11 is 0. The molecule has 0 aliphatic rings. The second kappa shape index (κ2) is 5.95. The van der Waals surface area contributed by atoms with Crippen molar-refractivity contribution in [1.82, 2.24) is 5.32 Å². The van der Waals surface area contributed by atoms with Gasteiger partial charge in [-0.05, 0) is 19.1 Å². The van der Waals surface area contributed by atoms with Gasteiger partial charge >= 0.3 is 6.09 Å². The Balaban J connectivity index is 2.54. The summed E-state index contributed by atoms with van der Waals surface area (Å²) in [5.41, 5.74) is 0. The third-order valence-corrected chi connectivity index (χ3v) is 2.09. The molecule has 1 atom stereocenters. The number of hydrogen-bond donors (Lipinski definition) is 2. The van der Waals surface area contributed by atoms with Crippen molar-refractivity contribution in [2.75, 3.05) is 6.61 Å².